The third-order valence-corrected chi connectivity index (χ3v) is 4.79. The monoisotopic (exact) mass is 374 g/mol. The predicted octanol–water partition coefficient (Wildman–Crippen LogP) is 3.74. The average molecular weight is 374 g/mol. The largest absolute Gasteiger partial charge is 0.426 e. The molecule has 142 valence electrons. The highest BCUT2D eigenvalue weighted by atomic mass is 16.5. The van der Waals surface area contributed by atoms with Crippen LogP contribution in [0.2, 0.25) is 0 Å². The number of ether oxygens (including phenoxy) is 1. The quantitative estimate of drug-likeness (QED) is 0.172. The first-order chi connectivity index (χ1) is 13.6. The second-order valence-corrected chi connectivity index (χ2v) is 6.37. The Hall–Kier alpha value is -3.44. The van der Waals surface area contributed by atoms with E-state index >= 15 is 0 Å². The first-order valence-electron chi connectivity index (χ1n) is 8.94. The van der Waals surface area contributed by atoms with Crippen molar-refractivity contribution in [1.29, 1.82) is 0 Å². The van der Waals surface area contributed by atoms with Crippen LogP contribution in [0.25, 0.3) is 0 Å². The fourth-order valence-corrected chi connectivity index (χ4v) is 3.52. The topological polar surface area (TPSA) is 84.9 Å². The molecule has 0 aliphatic rings. The number of rotatable bonds is 6. The SMILES string of the molecule is CC(=NO)C(c1ccccc1)(c1ccccc1)c1ccc(OC(=O)CN)cc1. The van der Waals surface area contributed by atoms with Crippen molar-refractivity contribution in [1.82, 2.24) is 0 Å². The van der Waals surface area contributed by atoms with Crippen molar-refractivity contribution in [2.24, 2.45) is 10.9 Å². The Morgan fingerprint density at radius 3 is 1.79 bits per heavy atom. The van der Waals surface area contributed by atoms with Gasteiger partial charge in [-0.25, -0.2) is 0 Å². The van der Waals surface area contributed by atoms with Crippen LogP contribution in [0.15, 0.2) is 90.1 Å². The minimum atomic E-state index is -0.798. The van der Waals surface area contributed by atoms with Gasteiger partial charge in [-0.05, 0) is 35.7 Å². The molecular weight excluding hydrogens is 352 g/mol. The fraction of sp³-hybridized carbons (Fsp3) is 0.130. The summed E-state index contributed by atoms with van der Waals surface area (Å²) in [6.07, 6.45) is 0. The molecule has 0 saturated heterocycles. The molecule has 28 heavy (non-hydrogen) atoms. The van der Waals surface area contributed by atoms with Crippen LogP contribution in [0, 0.1) is 0 Å². The predicted molar refractivity (Wildman–Crippen MR) is 109 cm³/mol. The lowest BCUT2D eigenvalue weighted by molar-refractivity contribution is -0.132. The number of oxime groups is 1. The van der Waals surface area contributed by atoms with Crippen LogP contribution >= 0.6 is 0 Å². The summed E-state index contributed by atoms with van der Waals surface area (Å²) in [6, 6.07) is 26.9. The van der Waals surface area contributed by atoms with Crippen LogP contribution in [-0.2, 0) is 10.2 Å². The molecule has 3 rings (SSSR count). The van der Waals surface area contributed by atoms with Gasteiger partial charge in [0.1, 0.15) is 5.75 Å². The van der Waals surface area contributed by atoms with E-state index in [0.29, 0.717) is 11.5 Å². The molecule has 0 fully saturated rings. The van der Waals surface area contributed by atoms with Crippen molar-refractivity contribution < 1.29 is 14.7 Å². The lowest BCUT2D eigenvalue weighted by Crippen LogP contribution is -2.37. The highest BCUT2D eigenvalue weighted by Crippen LogP contribution is 2.41. The summed E-state index contributed by atoms with van der Waals surface area (Å²) >= 11 is 0. The highest BCUT2D eigenvalue weighted by molar-refractivity contribution is 5.99. The van der Waals surface area contributed by atoms with Crippen LogP contribution < -0.4 is 10.5 Å². The molecule has 0 radical (unpaired) electrons. The van der Waals surface area contributed by atoms with E-state index in [1.54, 1.807) is 19.1 Å². The summed E-state index contributed by atoms with van der Waals surface area (Å²) in [5.41, 5.74) is 7.84. The second kappa shape index (κ2) is 8.50. The van der Waals surface area contributed by atoms with Gasteiger partial charge in [-0.2, -0.15) is 0 Å². The molecule has 3 aromatic carbocycles. The third kappa shape index (κ3) is 3.52. The molecule has 0 bridgehead atoms. The molecule has 0 spiro atoms. The van der Waals surface area contributed by atoms with Gasteiger partial charge in [0, 0.05) is 0 Å². The second-order valence-electron chi connectivity index (χ2n) is 6.37. The summed E-state index contributed by atoms with van der Waals surface area (Å²) in [5.74, 6) is -0.0916. The third-order valence-electron chi connectivity index (χ3n) is 4.79. The van der Waals surface area contributed by atoms with Gasteiger partial charge in [-0.1, -0.05) is 78.0 Å². The lowest BCUT2D eigenvalue weighted by atomic mass is 9.66. The first kappa shape index (κ1) is 19.3. The normalized spacial score (nSPS) is 11.9. The zero-order valence-electron chi connectivity index (χ0n) is 15.6. The van der Waals surface area contributed by atoms with Crippen molar-refractivity contribution in [3.05, 3.63) is 102 Å². The number of nitrogens with two attached hydrogens (primary N) is 1. The van der Waals surface area contributed by atoms with Gasteiger partial charge in [0.15, 0.2) is 0 Å². The highest BCUT2D eigenvalue weighted by Gasteiger charge is 2.39. The fourth-order valence-electron chi connectivity index (χ4n) is 3.52. The van der Waals surface area contributed by atoms with Crippen molar-refractivity contribution in [3.63, 3.8) is 0 Å². The van der Waals surface area contributed by atoms with Gasteiger partial charge in [0.25, 0.3) is 0 Å². The van der Waals surface area contributed by atoms with Crippen molar-refractivity contribution in [2.75, 3.05) is 6.54 Å². The Morgan fingerprint density at radius 2 is 1.36 bits per heavy atom. The Bertz CT molecular complexity index is 913. The van der Waals surface area contributed by atoms with E-state index in [1.165, 1.54) is 0 Å². The van der Waals surface area contributed by atoms with E-state index in [4.69, 9.17) is 10.5 Å². The van der Waals surface area contributed by atoms with Crippen LogP contribution in [0.1, 0.15) is 23.6 Å². The molecule has 3 N–H and O–H groups in total. The Kier molecular flexibility index (Phi) is 5.87. The van der Waals surface area contributed by atoms with E-state index in [2.05, 4.69) is 5.16 Å². The molecule has 3 aromatic rings. The van der Waals surface area contributed by atoms with Crippen LogP contribution in [-0.4, -0.2) is 23.4 Å². The lowest BCUT2D eigenvalue weighted by Gasteiger charge is -2.35. The maximum atomic E-state index is 11.5. The molecule has 5 heteroatoms. The van der Waals surface area contributed by atoms with E-state index < -0.39 is 11.4 Å². The smallest absolute Gasteiger partial charge is 0.325 e. The number of carbonyl (C=O) groups is 1. The summed E-state index contributed by atoms with van der Waals surface area (Å²) in [7, 11) is 0. The zero-order valence-corrected chi connectivity index (χ0v) is 15.6. The summed E-state index contributed by atoms with van der Waals surface area (Å²) < 4.78 is 5.19. The van der Waals surface area contributed by atoms with Gasteiger partial charge in [-0.3, -0.25) is 4.79 Å². The van der Waals surface area contributed by atoms with Gasteiger partial charge < -0.3 is 15.7 Å². The Labute approximate surface area is 164 Å². The maximum absolute atomic E-state index is 11.5. The number of hydrogen-bond donors (Lipinski definition) is 2. The number of benzene rings is 3. The van der Waals surface area contributed by atoms with E-state index in [1.807, 2.05) is 72.8 Å². The van der Waals surface area contributed by atoms with Gasteiger partial charge in [-0.15, -0.1) is 0 Å². The maximum Gasteiger partial charge on any atom is 0.325 e. The number of nitrogens with zero attached hydrogens (tertiary/aromatic N) is 1. The Morgan fingerprint density at radius 1 is 0.893 bits per heavy atom. The van der Waals surface area contributed by atoms with Crippen LogP contribution in [0.4, 0.5) is 0 Å². The first-order valence-corrected chi connectivity index (χ1v) is 8.94. The minimum absolute atomic E-state index is 0.185. The molecule has 0 saturated carbocycles. The molecule has 0 aliphatic heterocycles. The van der Waals surface area contributed by atoms with E-state index in [0.717, 1.165) is 16.7 Å². The van der Waals surface area contributed by atoms with E-state index in [-0.39, 0.29) is 6.54 Å². The van der Waals surface area contributed by atoms with Gasteiger partial charge in [0.2, 0.25) is 0 Å². The van der Waals surface area contributed by atoms with Gasteiger partial charge in [0.05, 0.1) is 17.7 Å². The molecule has 0 amide bonds. The summed E-state index contributed by atoms with van der Waals surface area (Å²) in [6.45, 7) is 1.61. The molecular formula is C23H22N2O3. The molecule has 0 heterocycles. The van der Waals surface area contributed by atoms with Gasteiger partial charge >= 0.3 is 5.97 Å². The Balaban J connectivity index is 2.23. The van der Waals surface area contributed by atoms with Crippen molar-refractivity contribution >= 4 is 11.7 Å². The van der Waals surface area contributed by atoms with Crippen LogP contribution in [0.3, 0.4) is 0 Å². The number of carbonyl (C=O) groups excluding carboxylic acids is 1. The molecule has 0 unspecified atom stereocenters. The number of esters is 1. The summed E-state index contributed by atoms with van der Waals surface area (Å²) in [4.78, 5) is 11.5. The summed E-state index contributed by atoms with van der Waals surface area (Å²) in [5, 5.41) is 13.4. The molecule has 0 atom stereocenters. The van der Waals surface area contributed by atoms with Crippen molar-refractivity contribution in [2.45, 2.75) is 12.3 Å². The molecule has 5 nitrogen and oxygen atoms in total. The van der Waals surface area contributed by atoms with Crippen LogP contribution in [0.5, 0.6) is 5.75 Å². The average Bonchev–Trinajstić information content (AvgIpc) is 2.76. The standard InChI is InChI=1S/C23H22N2O3/c1-17(25-27)23(18-8-4-2-5-9-18,19-10-6-3-7-11-19)20-12-14-21(15-13-20)28-22(26)16-24/h2-15,27H,16,24H2,1H3. The van der Waals surface area contributed by atoms with E-state index in [9.17, 15) is 10.0 Å². The molecule has 0 aromatic heterocycles. The van der Waals surface area contributed by atoms with Crippen molar-refractivity contribution in [3.8, 4) is 5.75 Å². The zero-order chi connectivity index (χ0) is 20.0. The molecule has 0 aliphatic carbocycles. The number of hydrogen-bond acceptors (Lipinski definition) is 5. The minimum Gasteiger partial charge on any atom is -0.426 e.